The minimum absolute atomic E-state index is 0.0335. The third-order valence-corrected chi connectivity index (χ3v) is 4.01. The molecule has 2 N–H and O–H groups in total. The number of aryl methyl sites for hydroxylation is 2. The molecule has 0 aliphatic carbocycles. The Balaban J connectivity index is 2.04. The summed E-state index contributed by atoms with van der Waals surface area (Å²) in [5.74, 6) is -1.26. The summed E-state index contributed by atoms with van der Waals surface area (Å²) >= 11 is 0. The van der Waals surface area contributed by atoms with Crippen LogP contribution in [0.4, 0.5) is 10.1 Å². The van der Waals surface area contributed by atoms with Crippen LogP contribution < -0.4 is 10.6 Å². The Morgan fingerprint density at radius 3 is 2.20 bits per heavy atom. The number of carbonyl (C=O) groups excluding carboxylic acids is 2. The molecule has 0 fully saturated rings. The summed E-state index contributed by atoms with van der Waals surface area (Å²) in [6, 6.07) is 11.9. The molecule has 0 aliphatic rings. The molecule has 0 saturated carbocycles. The van der Waals surface area contributed by atoms with E-state index >= 15 is 0 Å². The van der Waals surface area contributed by atoms with E-state index in [0.717, 1.165) is 11.1 Å². The molecule has 0 bridgehead atoms. The first kappa shape index (κ1) is 18.6. The zero-order chi connectivity index (χ0) is 18.6. The number of nitrogens with one attached hydrogen (secondary N) is 2. The van der Waals surface area contributed by atoms with Gasteiger partial charge < -0.3 is 10.6 Å². The molecule has 0 atom stereocenters. The lowest BCUT2D eigenvalue weighted by molar-refractivity contribution is -0.138. The van der Waals surface area contributed by atoms with Crippen molar-refractivity contribution in [3.8, 4) is 0 Å². The molecular weight excluding hydrogens is 319 g/mol. The van der Waals surface area contributed by atoms with Crippen molar-refractivity contribution in [3.63, 3.8) is 0 Å². The summed E-state index contributed by atoms with van der Waals surface area (Å²) < 4.78 is 13.6. The number of halogens is 1. The molecule has 0 aliphatic heterocycles. The number of hydrogen-bond donors (Lipinski definition) is 2. The predicted octanol–water partition coefficient (Wildman–Crippen LogP) is 3.72. The monoisotopic (exact) mass is 342 g/mol. The topological polar surface area (TPSA) is 58.2 Å². The molecule has 0 radical (unpaired) electrons. The first-order valence-corrected chi connectivity index (χ1v) is 8.11. The lowest BCUT2D eigenvalue weighted by Crippen LogP contribution is -2.45. The van der Waals surface area contributed by atoms with Gasteiger partial charge in [0, 0.05) is 17.8 Å². The van der Waals surface area contributed by atoms with Gasteiger partial charge in [0.2, 0.25) is 11.8 Å². The van der Waals surface area contributed by atoms with Crippen LogP contribution in [0.15, 0.2) is 42.5 Å². The van der Waals surface area contributed by atoms with Crippen molar-refractivity contribution < 1.29 is 14.0 Å². The number of amides is 2. The van der Waals surface area contributed by atoms with Gasteiger partial charge in [-0.25, -0.2) is 4.39 Å². The van der Waals surface area contributed by atoms with E-state index in [2.05, 4.69) is 10.6 Å². The molecule has 4 nitrogen and oxygen atoms in total. The fourth-order valence-electron chi connectivity index (χ4n) is 2.48. The molecule has 2 aromatic rings. The molecule has 2 rings (SSSR count). The second-order valence-corrected chi connectivity index (χ2v) is 6.73. The van der Waals surface area contributed by atoms with Crippen LogP contribution in [0.3, 0.4) is 0 Å². The van der Waals surface area contributed by atoms with E-state index in [1.807, 2.05) is 32.0 Å². The van der Waals surface area contributed by atoms with Crippen molar-refractivity contribution in [3.05, 3.63) is 65.0 Å². The van der Waals surface area contributed by atoms with Crippen LogP contribution in [0.1, 0.15) is 30.5 Å². The maximum Gasteiger partial charge on any atom is 0.239 e. The lowest BCUT2D eigenvalue weighted by Gasteiger charge is -2.23. The smallest absolute Gasteiger partial charge is 0.239 e. The van der Waals surface area contributed by atoms with Crippen LogP contribution in [0.5, 0.6) is 0 Å². The highest BCUT2D eigenvalue weighted by Crippen LogP contribution is 2.21. The Morgan fingerprint density at radius 2 is 1.60 bits per heavy atom. The molecule has 5 heteroatoms. The lowest BCUT2D eigenvalue weighted by atomic mass is 9.90. The standard InChI is InChI=1S/C20H23FN2O2/c1-13-9-14(2)11-16(10-13)23-19(25)20(3,4)18(24)22-12-15-7-5-6-8-17(15)21/h5-11H,12H2,1-4H3,(H,22,24)(H,23,25). The van der Waals surface area contributed by atoms with E-state index < -0.39 is 17.2 Å². The van der Waals surface area contributed by atoms with Crippen LogP contribution >= 0.6 is 0 Å². The van der Waals surface area contributed by atoms with Crippen molar-refractivity contribution in [2.75, 3.05) is 5.32 Å². The summed E-state index contributed by atoms with van der Waals surface area (Å²) in [4.78, 5) is 25.0. The summed E-state index contributed by atoms with van der Waals surface area (Å²) in [6.07, 6.45) is 0. The van der Waals surface area contributed by atoms with Gasteiger partial charge in [-0.2, -0.15) is 0 Å². The zero-order valence-electron chi connectivity index (χ0n) is 14.9. The Morgan fingerprint density at radius 1 is 1.00 bits per heavy atom. The van der Waals surface area contributed by atoms with Gasteiger partial charge in [0.05, 0.1) is 0 Å². The fraction of sp³-hybridized carbons (Fsp3) is 0.300. The van der Waals surface area contributed by atoms with Crippen LogP contribution in [0.2, 0.25) is 0 Å². The van der Waals surface area contributed by atoms with E-state index in [1.54, 1.807) is 32.0 Å². The van der Waals surface area contributed by atoms with E-state index in [1.165, 1.54) is 6.07 Å². The highest BCUT2D eigenvalue weighted by molar-refractivity contribution is 6.09. The molecule has 0 saturated heterocycles. The van der Waals surface area contributed by atoms with Crippen molar-refractivity contribution in [1.29, 1.82) is 0 Å². The van der Waals surface area contributed by atoms with Crippen LogP contribution in [-0.4, -0.2) is 11.8 Å². The number of anilines is 1. The van der Waals surface area contributed by atoms with Crippen molar-refractivity contribution >= 4 is 17.5 Å². The summed E-state index contributed by atoms with van der Waals surface area (Å²) in [7, 11) is 0. The number of benzene rings is 2. The SMILES string of the molecule is Cc1cc(C)cc(NC(=O)C(C)(C)C(=O)NCc2ccccc2F)c1. The minimum atomic E-state index is -1.29. The highest BCUT2D eigenvalue weighted by atomic mass is 19.1. The van der Waals surface area contributed by atoms with Gasteiger partial charge in [0.1, 0.15) is 11.2 Å². The Kier molecular flexibility index (Phi) is 5.57. The summed E-state index contributed by atoms with van der Waals surface area (Å²) in [6.45, 7) is 7.00. The Labute approximate surface area is 147 Å². The highest BCUT2D eigenvalue weighted by Gasteiger charge is 2.36. The van der Waals surface area contributed by atoms with E-state index in [4.69, 9.17) is 0 Å². The Hall–Kier alpha value is -2.69. The van der Waals surface area contributed by atoms with Crippen molar-refractivity contribution in [2.24, 2.45) is 5.41 Å². The molecule has 0 heterocycles. The number of carbonyl (C=O) groups is 2. The molecule has 2 aromatic carbocycles. The normalized spacial score (nSPS) is 11.1. The molecule has 0 aromatic heterocycles. The molecule has 25 heavy (non-hydrogen) atoms. The van der Waals surface area contributed by atoms with E-state index in [0.29, 0.717) is 11.3 Å². The first-order valence-electron chi connectivity index (χ1n) is 8.11. The van der Waals surface area contributed by atoms with Gasteiger partial charge in [-0.1, -0.05) is 24.3 Å². The van der Waals surface area contributed by atoms with Crippen molar-refractivity contribution in [1.82, 2.24) is 5.32 Å². The maximum absolute atomic E-state index is 13.6. The van der Waals surface area contributed by atoms with Gasteiger partial charge >= 0.3 is 0 Å². The van der Waals surface area contributed by atoms with E-state index in [9.17, 15) is 14.0 Å². The first-order chi connectivity index (χ1) is 11.7. The van der Waals surface area contributed by atoms with Gasteiger partial charge in [0.25, 0.3) is 0 Å². The molecule has 0 unspecified atom stereocenters. The second-order valence-electron chi connectivity index (χ2n) is 6.73. The third kappa shape index (κ3) is 4.66. The average molecular weight is 342 g/mol. The quantitative estimate of drug-likeness (QED) is 0.814. The maximum atomic E-state index is 13.6. The summed E-state index contributed by atoms with van der Waals surface area (Å²) in [5.41, 5.74) is 1.79. The van der Waals surface area contributed by atoms with Gasteiger partial charge in [-0.15, -0.1) is 0 Å². The predicted molar refractivity (Wildman–Crippen MR) is 96.6 cm³/mol. The van der Waals surface area contributed by atoms with Gasteiger partial charge in [0.15, 0.2) is 0 Å². The number of rotatable bonds is 5. The Bertz CT molecular complexity index is 780. The molecule has 2 amide bonds. The molecule has 132 valence electrons. The molecular formula is C20H23FN2O2. The van der Waals surface area contributed by atoms with E-state index in [-0.39, 0.29) is 12.4 Å². The fourth-order valence-corrected chi connectivity index (χ4v) is 2.48. The molecule has 0 spiro atoms. The van der Waals surface area contributed by atoms with Gasteiger partial charge in [-0.05, 0) is 57.0 Å². The third-order valence-electron chi connectivity index (χ3n) is 4.01. The second kappa shape index (κ2) is 7.47. The minimum Gasteiger partial charge on any atom is -0.351 e. The number of hydrogen-bond acceptors (Lipinski definition) is 2. The summed E-state index contributed by atoms with van der Waals surface area (Å²) in [5, 5.41) is 5.41. The van der Waals surface area contributed by atoms with Gasteiger partial charge in [-0.3, -0.25) is 9.59 Å². The van der Waals surface area contributed by atoms with Crippen LogP contribution in [-0.2, 0) is 16.1 Å². The van der Waals surface area contributed by atoms with Crippen LogP contribution in [0.25, 0.3) is 0 Å². The zero-order valence-corrected chi connectivity index (χ0v) is 14.9. The van der Waals surface area contributed by atoms with Crippen molar-refractivity contribution in [2.45, 2.75) is 34.2 Å². The van der Waals surface area contributed by atoms with Crippen LogP contribution in [0, 0.1) is 25.1 Å². The average Bonchev–Trinajstić information content (AvgIpc) is 2.52. The largest absolute Gasteiger partial charge is 0.351 e.